The molecule has 1 aliphatic carbocycles. The second-order valence-electron chi connectivity index (χ2n) is 4.67. The first-order valence-corrected chi connectivity index (χ1v) is 6.46. The molecular formula is C14H21NO. The van der Waals surface area contributed by atoms with Crippen LogP contribution in [-0.4, -0.2) is 11.6 Å². The standard InChI is InChI=1S/C14H21NO/c1-2-12-8-9-15-14(10-12)16-11-13-6-4-3-5-7-13/h8-10,13H,2-7,11H2,1H3. The van der Waals surface area contributed by atoms with Crippen LogP contribution >= 0.6 is 0 Å². The molecule has 0 aliphatic heterocycles. The van der Waals surface area contributed by atoms with E-state index in [4.69, 9.17) is 4.74 Å². The minimum Gasteiger partial charge on any atom is -0.477 e. The highest BCUT2D eigenvalue weighted by molar-refractivity contribution is 5.20. The van der Waals surface area contributed by atoms with Crippen LogP contribution in [0.3, 0.4) is 0 Å². The molecule has 0 bridgehead atoms. The molecule has 2 heteroatoms. The van der Waals surface area contributed by atoms with Gasteiger partial charge in [0, 0.05) is 12.3 Å². The van der Waals surface area contributed by atoms with Gasteiger partial charge in [-0.25, -0.2) is 4.98 Å². The van der Waals surface area contributed by atoms with E-state index in [0.29, 0.717) is 0 Å². The highest BCUT2D eigenvalue weighted by Crippen LogP contribution is 2.24. The minimum absolute atomic E-state index is 0.751. The van der Waals surface area contributed by atoms with Crippen molar-refractivity contribution >= 4 is 0 Å². The van der Waals surface area contributed by atoms with E-state index in [1.54, 1.807) is 0 Å². The number of hydrogen-bond donors (Lipinski definition) is 0. The average molecular weight is 219 g/mol. The van der Waals surface area contributed by atoms with Crippen LogP contribution in [0.5, 0.6) is 5.88 Å². The summed E-state index contributed by atoms with van der Waals surface area (Å²) in [7, 11) is 0. The van der Waals surface area contributed by atoms with Gasteiger partial charge in [-0.2, -0.15) is 0 Å². The Morgan fingerprint density at radius 2 is 2.12 bits per heavy atom. The Bertz CT molecular complexity index is 318. The number of hydrogen-bond acceptors (Lipinski definition) is 2. The van der Waals surface area contributed by atoms with Crippen molar-refractivity contribution in [3.05, 3.63) is 23.9 Å². The lowest BCUT2D eigenvalue weighted by Crippen LogP contribution is -2.15. The van der Waals surface area contributed by atoms with Crippen molar-refractivity contribution in [2.75, 3.05) is 6.61 Å². The van der Waals surface area contributed by atoms with Gasteiger partial charge in [0.15, 0.2) is 0 Å². The van der Waals surface area contributed by atoms with Gasteiger partial charge in [0.1, 0.15) is 0 Å². The zero-order valence-electron chi connectivity index (χ0n) is 10.1. The van der Waals surface area contributed by atoms with Crippen LogP contribution in [0.25, 0.3) is 0 Å². The number of aryl methyl sites for hydroxylation is 1. The lowest BCUT2D eigenvalue weighted by atomic mass is 9.90. The molecule has 0 aromatic carbocycles. The number of pyridine rings is 1. The summed E-state index contributed by atoms with van der Waals surface area (Å²) in [5.74, 6) is 1.55. The summed E-state index contributed by atoms with van der Waals surface area (Å²) in [6, 6.07) is 4.11. The van der Waals surface area contributed by atoms with Crippen LogP contribution in [0.15, 0.2) is 18.3 Å². The average Bonchev–Trinajstić information content (AvgIpc) is 2.38. The van der Waals surface area contributed by atoms with Crippen molar-refractivity contribution in [3.63, 3.8) is 0 Å². The fourth-order valence-corrected chi connectivity index (χ4v) is 2.31. The summed E-state index contributed by atoms with van der Waals surface area (Å²) in [5.41, 5.74) is 1.30. The zero-order chi connectivity index (χ0) is 11.2. The Kier molecular flexibility index (Phi) is 4.20. The zero-order valence-corrected chi connectivity index (χ0v) is 10.1. The van der Waals surface area contributed by atoms with Crippen molar-refractivity contribution < 1.29 is 4.74 Å². The molecule has 88 valence electrons. The topological polar surface area (TPSA) is 22.1 Å². The highest BCUT2D eigenvalue weighted by Gasteiger charge is 2.14. The molecule has 0 spiro atoms. The fourth-order valence-electron chi connectivity index (χ4n) is 2.31. The largest absolute Gasteiger partial charge is 0.477 e. The molecule has 1 aromatic rings. The molecule has 1 aliphatic rings. The van der Waals surface area contributed by atoms with Crippen molar-refractivity contribution in [2.24, 2.45) is 5.92 Å². The number of nitrogens with zero attached hydrogens (tertiary/aromatic N) is 1. The lowest BCUT2D eigenvalue weighted by molar-refractivity contribution is 0.203. The predicted octanol–water partition coefficient (Wildman–Crippen LogP) is 3.60. The van der Waals surface area contributed by atoms with Crippen molar-refractivity contribution in [1.82, 2.24) is 4.98 Å². The summed E-state index contributed by atoms with van der Waals surface area (Å²) in [6.07, 6.45) is 9.69. The van der Waals surface area contributed by atoms with Gasteiger partial charge in [-0.05, 0) is 36.8 Å². The van der Waals surface area contributed by atoms with Gasteiger partial charge in [0.25, 0.3) is 0 Å². The first kappa shape index (κ1) is 11.4. The Labute approximate surface area is 98.0 Å². The predicted molar refractivity (Wildman–Crippen MR) is 65.7 cm³/mol. The molecule has 0 unspecified atom stereocenters. The van der Waals surface area contributed by atoms with Gasteiger partial charge in [-0.15, -0.1) is 0 Å². The molecule has 1 aromatic heterocycles. The van der Waals surface area contributed by atoms with E-state index in [2.05, 4.69) is 18.0 Å². The highest BCUT2D eigenvalue weighted by atomic mass is 16.5. The summed E-state index contributed by atoms with van der Waals surface area (Å²) >= 11 is 0. The van der Waals surface area contributed by atoms with Crippen molar-refractivity contribution in [1.29, 1.82) is 0 Å². The third-order valence-electron chi connectivity index (χ3n) is 3.40. The molecule has 0 saturated heterocycles. The maximum absolute atomic E-state index is 5.78. The Morgan fingerprint density at radius 1 is 1.31 bits per heavy atom. The lowest BCUT2D eigenvalue weighted by Gasteiger charge is -2.21. The van der Waals surface area contributed by atoms with E-state index in [1.165, 1.54) is 37.7 Å². The van der Waals surface area contributed by atoms with Crippen LogP contribution < -0.4 is 4.74 Å². The third kappa shape index (κ3) is 3.22. The van der Waals surface area contributed by atoms with Gasteiger partial charge in [0.2, 0.25) is 5.88 Å². The maximum atomic E-state index is 5.78. The second kappa shape index (κ2) is 5.88. The minimum atomic E-state index is 0.751. The van der Waals surface area contributed by atoms with Crippen molar-refractivity contribution in [3.8, 4) is 5.88 Å². The quantitative estimate of drug-likeness (QED) is 0.772. The Balaban J connectivity index is 1.83. The Hall–Kier alpha value is -1.05. The molecule has 1 fully saturated rings. The van der Waals surface area contributed by atoms with Gasteiger partial charge in [-0.1, -0.05) is 26.2 Å². The van der Waals surface area contributed by atoms with Crippen LogP contribution in [0, 0.1) is 5.92 Å². The fraction of sp³-hybridized carbons (Fsp3) is 0.643. The van der Waals surface area contributed by atoms with E-state index in [0.717, 1.165) is 24.8 Å². The van der Waals surface area contributed by atoms with Crippen LogP contribution in [-0.2, 0) is 6.42 Å². The first-order valence-electron chi connectivity index (χ1n) is 6.46. The van der Waals surface area contributed by atoms with Gasteiger partial charge in [-0.3, -0.25) is 0 Å². The molecule has 0 radical (unpaired) electrons. The molecule has 1 heterocycles. The molecular weight excluding hydrogens is 198 g/mol. The van der Waals surface area contributed by atoms with Crippen LogP contribution in [0.1, 0.15) is 44.6 Å². The molecule has 0 atom stereocenters. The molecule has 2 nitrogen and oxygen atoms in total. The molecule has 2 rings (SSSR count). The molecule has 0 amide bonds. The second-order valence-corrected chi connectivity index (χ2v) is 4.67. The number of rotatable bonds is 4. The monoisotopic (exact) mass is 219 g/mol. The van der Waals surface area contributed by atoms with E-state index in [-0.39, 0.29) is 0 Å². The van der Waals surface area contributed by atoms with Crippen molar-refractivity contribution in [2.45, 2.75) is 45.4 Å². The van der Waals surface area contributed by atoms with Gasteiger partial charge in [0.05, 0.1) is 6.61 Å². The van der Waals surface area contributed by atoms with E-state index < -0.39 is 0 Å². The SMILES string of the molecule is CCc1ccnc(OCC2CCCCC2)c1. The normalized spacial score (nSPS) is 17.3. The molecule has 16 heavy (non-hydrogen) atoms. The first-order chi connectivity index (χ1) is 7.88. The summed E-state index contributed by atoms with van der Waals surface area (Å²) in [6.45, 7) is 3.00. The smallest absolute Gasteiger partial charge is 0.213 e. The van der Waals surface area contributed by atoms with Gasteiger partial charge < -0.3 is 4.74 Å². The summed E-state index contributed by atoms with van der Waals surface area (Å²) in [4.78, 5) is 4.25. The summed E-state index contributed by atoms with van der Waals surface area (Å²) in [5, 5.41) is 0. The summed E-state index contributed by atoms with van der Waals surface area (Å²) < 4.78 is 5.78. The molecule has 0 N–H and O–H groups in total. The molecule has 1 saturated carbocycles. The third-order valence-corrected chi connectivity index (χ3v) is 3.40. The van der Waals surface area contributed by atoms with E-state index >= 15 is 0 Å². The number of ether oxygens (including phenoxy) is 1. The number of aromatic nitrogens is 1. The van der Waals surface area contributed by atoms with E-state index in [1.807, 2.05) is 12.3 Å². The van der Waals surface area contributed by atoms with Crippen LogP contribution in [0.2, 0.25) is 0 Å². The maximum Gasteiger partial charge on any atom is 0.213 e. The van der Waals surface area contributed by atoms with E-state index in [9.17, 15) is 0 Å². The van der Waals surface area contributed by atoms with Gasteiger partial charge >= 0.3 is 0 Å². The van der Waals surface area contributed by atoms with Crippen LogP contribution in [0.4, 0.5) is 0 Å². The Morgan fingerprint density at radius 3 is 2.88 bits per heavy atom.